The molecule has 0 bridgehead atoms. The third kappa shape index (κ3) is 2.16. The summed E-state index contributed by atoms with van der Waals surface area (Å²) in [7, 11) is 4.00. The van der Waals surface area contributed by atoms with E-state index < -0.39 is 0 Å². The molecule has 0 unspecified atom stereocenters. The van der Waals surface area contributed by atoms with Crippen molar-refractivity contribution in [3.63, 3.8) is 0 Å². The van der Waals surface area contributed by atoms with Crippen LogP contribution in [-0.2, 0) is 4.79 Å². The van der Waals surface area contributed by atoms with E-state index in [4.69, 9.17) is 0 Å². The van der Waals surface area contributed by atoms with Crippen LogP contribution in [0.25, 0.3) is 6.08 Å². The third-order valence-electron chi connectivity index (χ3n) is 3.25. The summed E-state index contributed by atoms with van der Waals surface area (Å²) in [4.78, 5) is 19.8. The molecule has 0 fully saturated rings. The summed E-state index contributed by atoms with van der Waals surface area (Å²) in [6, 6.07) is 8.05. The summed E-state index contributed by atoms with van der Waals surface area (Å²) in [5.41, 5.74) is 2.69. The number of carbonyl (C=O) groups excluding carboxylic acids is 1. The number of fused-ring (bicyclic) bond motifs is 1. The molecule has 1 aromatic rings. The molecule has 1 amide bonds. The maximum atomic E-state index is 11.9. The number of allylic oxidation sites excluding steroid dienone is 2. The minimum Gasteiger partial charge on any atom is -0.378 e. The van der Waals surface area contributed by atoms with Crippen LogP contribution in [0, 0.1) is 0 Å². The van der Waals surface area contributed by atoms with Crippen LogP contribution in [0.1, 0.15) is 5.56 Å². The van der Waals surface area contributed by atoms with Crippen LogP contribution in [0.5, 0.6) is 0 Å². The lowest BCUT2D eigenvalue weighted by atomic mass is 10.1. The van der Waals surface area contributed by atoms with Gasteiger partial charge in [0.25, 0.3) is 5.91 Å². The minimum absolute atomic E-state index is 0.201. The number of carbonyl (C=O) groups is 1. The van der Waals surface area contributed by atoms with Gasteiger partial charge in [-0.3, -0.25) is 9.69 Å². The quantitative estimate of drug-likeness (QED) is 0.770. The largest absolute Gasteiger partial charge is 0.378 e. The predicted octanol–water partition coefficient (Wildman–Crippen LogP) is 2.42. The topological polar surface area (TPSA) is 35.9 Å². The normalized spacial score (nSPS) is 18.5. The van der Waals surface area contributed by atoms with E-state index in [1.165, 1.54) is 0 Å². The highest BCUT2D eigenvalue weighted by molar-refractivity contribution is 6.17. The second-order valence-electron chi connectivity index (χ2n) is 4.86. The Hall–Kier alpha value is -2.62. The third-order valence-corrected chi connectivity index (χ3v) is 3.25. The van der Waals surface area contributed by atoms with Crippen molar-refractivity contribution in [1.29, 1.82) is 0 Å². The first-order valence-corrected chi connectivity index (χ1v) is 6.41. The molecule has 2 aliphatic rings. The number of anilines is 1. The van der Waals surface area contributed by atoms with E-state index in [0.717, 1.165) is 11.3 Å². The van der Waals surface area contributed by atoms with Gasteiger partial charge >= 0.3 is 0 Å². The molecule has 0 saturated heterocycles. The van der Waals surface area contributed by atoms with E-state index in [2.05, 4.69) is 4.99 Å². The second kappa shape index (κ2) is 4.81. The van der Waals surface area contributed by atoms with Crippen molar-refractivity contribution in [1.82, 2.24) is 4.90 Å². The molecule has 100 valence electrons. The van der Waals surface area contributed by atoms with Gasteiger partial charge in [0.15, 0.2) is 0 Å². The van der Waals surface area contributed by atoms with Crippen LogP contribution in [0.2, 0.25) is 0 Å². The Morgan fingerprint density at radius 3 is 2.60 bits per heavy atom. The van der Waals surface area contributed by atoms with Crippen molar-refractivity contribution < 1.29 is 4.79 Å². The van der Waals surface area contributed by atoms with Gasteiger partial charge < -0.3 is 4.90 Å². The van der Waals surface area contributed by atoms with E-state index in [1.54, 1.807) is 0 Å². The zero-order chi connectivity index (χ0) is 14.1. The molecule has 20 heavy (non-hydrogen) atoms. The molecular formula is C16H15N3O. The van der Waals surface area contributed by atoms with Crippen LogP contribution < -0.4 is 4.90 Å². The van der Waals surface area contributed by atoms with Gasteiger partial charge in [-0.25, -0.2) is 0 Å². The van der Waals surface area contributed by atoms with Gasteiger partial charge in [0.2, 0.25) is 0 Å². The summed E-state index contributed by atoms with van der Waals surface area (Å²) < 4.78 is 0. The molecule has 3 rings (SSSR count). The van der Waals surface area contributed by atoms with Crippen LogP contribution >= 0.6 is 0 Å². The van der Waals surface area contributed by atoms with Gasteiger partial charge in [-0.05, 0) is 35.9 Å². The first-order valence-electron chi connectivity index (χ1n) is 6.41. The molecule has 0 atom stereocenters. The van der Waals surface area contributed by atoms with Gasteiger partial charge in [-0.2, -0.15) is 4.99 Å². The van der Waals surface area contributed by atoms with Crippen LogP contribution in [0.15, 0.2) is 59.4 Å². The Bertz CT molecular complexity index is 663. The predicted molar refractivity (Wildman–Crippen MR) is 81.3 cm³/mol. The Labute approximate surface area is 118 Å². The Balaban J connectivity index is 1.91. The van der Waals surface area contributed by atoms with Gasteiger partial charge in [-0.15, -0.1) is 0 Å². The Morgan fingerprint density at radius 2 is 1.90 bits per heavy atom. The van der Waals surface area contributed by atoms with Crippen molar-refractivity contribution in [3.05, 3.63) is 60.0 Å². The molecule has 2 heterocycles. The van der Waals surface area contributed by atoms with Crippen molar-refractivity contribution in [2.24, 2.45) is 4.99 Å². The van der Waals surface area contributed by atoms with Gasteiger partial charge in [0, 0.05) is 26.0 Å². The van der Waals surface area contributed by atoms with Gasteiger partial charge in [0.05, 0.1) is 0 Å². The molecule has 0 saturated carbocycles. The highest BCUT2D eigenvalue weighted by atomic mass is 16.2. The van der Waals surface area contributed by atoms with E-state index in [9.17, 15) is 4.79 Å². The first kappa shape index (κ1) is 12.4. The fourth-order valence-electron chi connectivity index (χ4n) is 2.15. The summed E-state index contributed by atoms with van der Waals surface area (Å²) in [6.45, 7) is 0. The monoisotopic (exact) mass is 265 g/mol. The number of hydrogen-bond donors (Lipinski definition) is 0. The number of hydrogen-bond acceptors (Lipinski definition) is 3. The SMILES string of the molecule is CN(C)c1ccc(/C=C2\C(=O)N=C3C=CC=CN32)cc1. The lowest BCUT2D eigenvalue weighted by molar-refractivity contribution is -0.114. The molecule has 0 N–H and O–H groups in total. The number of aliphatic imine (C=N–C) groups is 1. The molecule has 0 spiro atoms. The van der Waals surface area contributed by atoms with Crippen LogP contribution in [0.4, 0.5) is 5.69 Å². The molecular weight excluding hydrogens is 250 g/mol. The fraction of sp³-hybridized carbons (Fsp3) is 0.125. The zero-order valence-electron chi connectivity index (χ0n) is 11.4. The zero-order valence-corrected chi connectivity index (χ0v) is 11.4. The standard InChI is InChI=1S/C16H15N3O/c1-18(2)13-8-6-12(7-9-13)11-14-16(20)17-15-5-3-4-10-19(14)15/h3-11H,1-2H3/b14-11+. The maximum Gasteiger partial charge on any atom is 0.295 e. The lowest BCUT2D eigenvalue weighted by Crippen LogP contribution is -2.20. The number of amides is 1. The van der Waals surface area contributed by atoms with E-state index in [1.807, 2.05) is 78.7 Å². The number of rotatable bonds is 2. The van der Waals surface area contributed by atoms with Crippen molar-refractivity contribution in [2.75, 3.05) is 19.0 Å². The van der Waals surface area contributed by atoms with Crippen molar-refractivity contribution in [3.8, 4) is 0 Å². The average Bonchev–Trinajstić information content (AvgIpc) is 2.76. The smallest absolute Gasteiger partial charge is 0.295 e. The van der Waals surface area contributed by atoms with E-state index >= 15 is 0 Å². The molecule has 1 aromatic carbocycles. The molecule has 0 radical (unpaired) electrons. The minimum atomic E-state index is -0.201. The molecule has 2 aliphatic heterocycles. The molecule has 0 aliphatic carbocycles. The van der Waals surface area contributed by atoms with Crippen LogP contribution in [0.3, 0.4) is 0 Å². The first-order chi connectivity index (χ1) is 9.65. The van der Waals surface area contributed by atoms with Gasteiger partial charge in [0.1, 0.15) is 11.5 Å². The van der Waals surface area contributed by atoms with E-state index in [-0.39, 0.29) is 5.91 Å². The van der Waals surface area contributed by atoms with Crippen LogP contribution in [-0.4, -0.2) is 30.7 Å². The Kier molecular flexibility index (Phi) is 2.99. The summed E-state index contributed by atoms with van der Waals surface area (Å²) >= 11 is 0. The fourth-order valence-corrected chi connectivity index (χ4v) is 2.15. The average molecular weight is 265 g/mol. The highest BCUT2D eigenvalue weighted by Gasteiger charge is 2.27. The Morgan fingerprint density at radius 1 is 1.15 bits per heavy atom. The highest BCUT2D eigenvalue weighted by Crippen LogP contribution is 2.23. The number of amidine groups is 1. The maximum absolute atomic E-state index is 11.9. The summed E-state index contributed by atoms with van der Waals surface area (Å²) in [5.74, 6) is 0.474. The van der Waals surface area contributed by atoms with E-state index in [0.29, 0.717) is 11.5 Å². The number of nitrogens with zero attached hydrogens (tertiary/aromatic N) is 3. The summed E-state index contributed by atoms with van der Waals surface area (Å²) in [6.07, 6.45) is 9.30. The van der Waals surface area contributed by atoms with Crippen molar-refractivity contribution >= 4 is 23.5 Å². The molecule has 4 heteroatoms. The van der Waals surface area contributed by atoms with Crippen molar-refractivity contribution in [2.45, 2.75) is 0 Å². The number of benzene rings is 1. The second-order valence-corrected chi connectivity index (χ2v) is 4.86. The molecule has 0 aromatic heterocycles. The molecule has 4 nitrogen and oxygen atoms in total. The lowest BCUT2D eigenvalue weighted by Gasteiger charge is -2.16. The summed E-state index contributed by atoms with van der Waals surface area (Å²) in [5, 5.41) is 0. The van der Waals surface area contributed by atoms with Gasteiger partial charge in [-0.1, -0.05) is 18.2 Å².